The van der Waals surface area contributed by atoms with Gasteiger partial charge in [0.25, 0.3) is 0 Å². The van der Waals surface area contributed by atoms with Crippen LogP contribution in [0.1, 0.15) is 26.7 Å². The van der Waals surface area contributed by atoms with Gasteiger partial charge in [-0.15, -0.1) is 0 Å². The summed E-state index contributed by atoms with van der Waals surface area (Å²) >= 11 is 0. The summed E-state index contributed by atoms with van der Waals surface area (Å²) in [6.45, 7) is 3.40. The fraction of sp³-hybridized carbons (Fsp3) is 0.917. The second kappa shape index (κ2) is 7.68. The summed E-state index contributed by atoms with van der Waals surface area (Å²) in [6, 6.07) is 0. The van der Waals surface area contributed by atoms with Crippen LogP contribution in [-0.4, -0.2) is 54.5 Å². The zero-order valence-electron chi connectivity index (χ0n) is 10.9. The van der Waals surface area contributed by atoms with E-state index in [0.29, 0.717) is 12.8 Å². The second-order valence-corrected chi connectivity index (χ2v) is 4.29. The summed E-state index contributed by atoms with van der Waals surface area (Å²) in [5.41, 5.74) is 0. The van der Waals surface area contributed by atoms with Crippen LogP contribution in [0.5, 0.6) is 0 Å². The molecule has 2 N–H and O–H groups in total. The first-order chi connectivity index (χ1) is 8.65. The van der Waals surface area contributed by atoms with Crippen LogP contribution in [0.2, 0.25) is 0 Å². The van der Waals surface area contributed by atoms with Crippen LogP contribution in [0.3, 0.4) is 0 Å². The molecule has 1 saturated heterocycles. The summed E-state index contributed by atoms with van der Waals surface area (Å²) < 4.78 is 15.8. The van der Waals surface area contributed by atoms with E-state index in [1.165, 1.54) is 0 Å². The number of aliphatic hydroxyl groups excluding tert-OH is 2. The molecule has 3 atom stereocenters. The molecule has 0 aromatic rings. The molecule has 1 aliphatic heterocycles. The molecule has 0 spiro atoms. The lowest BCUT2D eigenvalue weighted by molar-refractivity contribution is -0.271. The van der Waals surface area contributed by atoms with Crippen molar-refractivity contribution < 1.29 is 29.2 Å². The summed E-state index contributed by atoms with van der Waals surface area (Å²) in [5.74, 6) is -0.454. The summed E-state index contributed by atoms with van der Waals surface area (Å²) in [5, 5.41) is 18.1. The maximum Gasteiger partial charge on any atom is 0.311 e. The highest BCUT2D eigenvalue weighted by atomic mass is 16.7. The van der Waals surface area contributed by atoms with Crippen LogP contribution >= 0.6 is 0 Å². The third kappa shape index (κ3) is 3.91. The van der Waals surface area contributed by atoms with Gasteiger partial charge in [-0.1, -0.05) is 13.8 Å². The van der Waals surface area contributed by atoms with Crippen LogP contribution in [0.4, 0.5) is 0 Å². The van der Waals surface area contributed by atoms with Gasteiger partial charge in [-0.25, -0.2) is 0 Å². The van der Waals surface area contributed by atoms with Gasteiger partial charge in [0.2, 0.25) is 6.29 Å². The largest absolute Gasteiger partial charge is 0.433 e. The van der Waals surface area contributed by atoms with Crippen molar-refractivity contribution in [3.8, 4) is 0 Å². The Hall–Kier alpha value is -0.690. The smallest absolute Gasteiger partial charge is 0.311 e. The van der Waals surface area contributed by atoms with Crippen molar-refractivity contribution >= 4 is 5.97 Å². The summed E-state index contributed by atoms with van der Waals surface area (Å²) in [6.07, 6.45) is -0.614. The summed E-state index contributed by atoms with van der Waals surface area (Å²) in [4.78, 5) is 11.7. The first kappa shape index (κ1) is 15.4. The van der Waals surface area contributed by atoms with Crippen molar-refractivity contribution in [3.05, 3.63) is 0 Å². The molecule has 0 saturated carbocycles. The molecule has 1 rings (SSSR count). The average molecular weight is 262 g/mol. The van der Waals surface area contributed by atoms with Crippen molar-refractivity contribution in [2.75, 3.05) is 19.8 Å². The standard InChI is InChI=1S/C12H22O6/c1-3-8(4-2)12(15)18-11-7-16-9(5-13)10(6-14)17-11/h8-11,13-14H,3-7H2,1-2H3. The molecule has 0 aromatic heterocycles. The minimum Gasteiger partial charge on any atom is -0.433 e. The lowest BCUT2D eigenvalue weighted by atomic mass is 10.0. The molecule has 0 aromatic carbocycles. The van der Waals surface area contributed by atoms with E-state index >= 15 is 0 Å². The topological polar surface area (TPSA) is 85.2 Å². The van der Waals surface area contributed by atoms with Gasteiger partial charge in [-0.2, -0.15) is 0 Å². The van der Waals surface area contributed by atoms with Gasteiger partial charge in [-0.05, 0) is 12.8 Å². The molecular formula is C12H22O6. The highest BCUT2D eigenvalue weighted by molar-refractivity contribution is 5.72. The van der Waals surface area contributed by atoms with Crippen molar-refractivity contribution in [2.24, 2.45) is 5.92 Å². The fourth-order valence-electron chi connectivity index (χ4n) is 1.87. The number of rotatable bonds is 6. The normalized spacial score (nSPS) is 28.4. The minimum atomic E-state index is -0.807. The Balaban J connectivity index is 2.47. The maximum absolute atomic E-state index is 11.7. The zero-order chi connectivity index (χ0) is 13.5. The first-order valence-corrected chi connectivity index (χ1v) is 6.35. The number of hydrogen-bond donors (Lipinski definition) is 2. The predicted molar refractivity (Wildman–Crippen MR) is 62.7 cm³/mol. The molecular weight excluding hydrogens is 240 g/mol. The van der Waals surface area contributed by atoms with Crippen LogP contribution in [0.25, 0.3) is 0 Å². The zero-order valence-corrected chi connectivity index (χ0v) is 10.9. The molecule has 1 heterocycles. The van der Waals surface area contributed by atoms with Gasteiger partial charge in [0.05, 0.1) is 19.1 Å². The molecule has 0 amide bonds. The molecule has 0 aliphatic carbocycles. The molecule has 1 aliphatic rings. The fourth-order valence-corrected chi connectivity index (χ4v) is 1.87. The van der Waals surface area contributed by atoms with E-state index in [0.717, 1.165) is 0 Å². The summed E-state index contributed by atoms with van der Waals surface area (Å²) in [7, 11) is 0. The molecule has 6 nitrogen and oxygen atoms in total. The number of carbonyl (C=O) groups excluding carboxylic acids is 1. The van der Waals surface area contributed by atoms with E-state index in [-0.39, 0.29) is 31.7 Å². The van der Waals surface area contributed by atoms with Gasteiger partial charge < -0.3 is 24.4 Å². The van der Waals surface area contributed by atoms with E-state index < -0.39 is 18.5 Å². The highest BCUT2D eigenvalue weighted by Crippen LogP contribution is 2.18. The minimum absolute atomic E-state index is 0.0770. The molecule has 106 valence electrons. The third-order valence-electron chi connectivity index (χ3n) is 3.11. The van der Waals surface area contributed by atoms with E-state index in [9.17, 15) is 4.79 Å². The second-order valence-electron chi connectivity index (χ2n) is 4.29. The lowest BCUT2D eigenvalue weighted by Gasteiger charge is -2.34. The van der Waals surface area contributed by atoms with Crippen molar-refractivity contribution in [2.45, 2.75) is 45.2 Å². The predicted octanol–water partition coefficient (Wildman–Crippen LogP) is 0.0605. The number of hydrogen-bond acceptors (Lipinski definition) is 6. The first-order valence-electron chi connectivity index (χ1n) is 6.35. The number of ether oxygens (including phenoxy) is 3. The van der Waals surface area contributed by atoms with Crippen molar-refractivity contribution in [3.63, 3.8) is 0 Å². The van der Waals surface area contributed by atoms with Crippen LogP contribution in [0.15, 0.2) is 0 Å². The quantitative estimate of drug-likeness (QED) is 0.658. The van der Waals surface area contributed by atoms with Crippen molar-refractivity contribution in [1.29, 1.82) is 0 Å². The van der Waals surface area contributed by atoms with Gasteiger partial charge in [0, 0.05) is 0 Å². The van der Waals surface area contributed by atoms with Crippen LogP contribution in [0, 0.1) is 5.92 Å². The Kier molecular flexibility index (Phi) is 6.56. The Morgan fingerprint density at radius 3 is 2.39 bits per heavy atom. The van der Waals surface area contributed by atoms with E-state index in [1.807, 2.05) is 13.8 Å². The average Bonchev–Trinajstić information content (AvgIpc) is 2.40. The Labute approximate surface area is 107 Å². The number of carbonyl (C=O) groups is 1. The van der Waals surface area contributed by atoms with Crippen molar-refractivity contribution in [1.82, 2.24) is 0 Å². The van der Waals surface area contributed by atoms with Crippen LogP contribution < -0.4 is 0 Å². The SMILES string of the molecule is CCC(CC)C(=O)OC1COC(CO)C(CO)O1. The molecule has 1 fully saturated rings. The molecule has 0 radical (unpaired) electrons. The van der Waals surface area contributed by atoms with E-state index in [4.69, 9.17) is 24.4 Å². The van der Waals surface area contributed by atoms with Gasteiger partial charge in [-0.3, -0.25) is 4.79 Å². The molecule has 3 unspecified atom stereocenters. The molecule has 6 heteroatoms. The Morgan fingerprint density at radius 1 is 1.28 bits per heavy atom. The number of esters is 1. The molecule has 18 heavy (non-hydrogen) atoms. The van der Waals surface area contributed by atoms with Gasteiger partial charge in [0.1, 0.15) is 18.8 Å². The molecule has 0 bridgehead atoms. The maximum atomic E-state index is 11.7. The van der Waals surface area contributed by atoms with Crippen LogP contribution in [-0.2, 0) is 19.0 Å². The third-order valence-corrected chi connectivity index (χ3v) is 3.11. The van der Waals surface area contributed by atoms with E-state index in [2.05, 4.69) is 0 Å². The van der Waals surface area contributed by atoms with Gasteiger partial charge in [0.15, 0.2) is 0 Å². The monoisotopic (exact) mass is 262 g/mol. The number of aliphatic hydroxyl groups is 2. The van der Waals surface area contributed by atoms with Gasteiger partial charge >= 0.3 is 5.97 Å². The highest BCUT2D eigenvalue weighted by Gasteiger charge is 2.33. The lowest BCUT2D eigenvalue weighted by Crippen LogP contribution is -2.48. The van der Waals surface area contributed by atoms with E-state index in [1.54, 1.807) is 0 Å². The Bertz CT molecular complexity index is 253. The Morgan fingerprint density at radius 2 is 1.89 bits per heavy atom.